The van der Waals surface area contributed by atoms with Gasteiger partial charge in [0.05, 0.1) is 0 Å². The summed E-state index contributed by atoms with van der Waals surface area (Å²) < 4.78 is 0. The van der Waals surface area contributed by atoms with Gasteiger partial charge in [0.15, 0.2) is 5.16 Å². The van der Waals surface area contributed by atoms with Crippen LogP contribution in [0.1, 0.15) is 11.6 Å². The maximum absolute atomic E-state index is 11.4. The van der Waals surface area contributed by atoms with Gasteiger partial charge in [0, 0.05) is 16.1 Å². The highest BCUT2D eigenvalue weighted by molar-refractivity contribution is 7.99. The Morgan fingerprint density at radius 1 is 1.41 bits per heavy atom. The van der Waals surface area contributed by atoms with Crippen LogP contribution in [0.5, 0.6) is 0 Å². The van der Waals surface area contributed by atoms with Gasteiger partial charge in [-0.15, -0.1) is 0 Å². The maximum Gasteiger partial charge on any atom is 0.245 e. The van der Waals surface area contributed by atoms with Crippen molar-refractivity contribution in [3.8, 4) is 0 Å². The minimum Gasteiger partial charge on any atom is -0.324 e. The van der Waals surface area contributed by atoms with Crippen LogP contribution in [0.25, 0.3) is 0 Å². The number of amides is 1. The molecule has 1 aliphatic rings. The number of carbonyl (C=O) groups excluding carboxylic acids is 1. The summed E-state index contributed by atoms with van der Waals surface area (Å²) in [6.45, 7) is 0. The molecule has 0 saturated heterocycles. The predicted molar refractivity (Wildman–Crippen MR) is 62.5 cm³/mol. The molecule has 1 aliphatic heterocycles. The molecule has 2 aromatic rings. The molecular formula is C10H9N5OS. The van der Waals surface area contributed by atoms with Gasteiger partial charge in [0.1, 0.15) is 12.4 Å². The van der Waals surface area contributed by atoms with E-state index >= 15 is 0 Å². The van der Waals surface area contributed by atoms with E-state index in [0.29, 0.717) is 5.16 Å². The lowest BCUT2D eigenvalue weighted by atomic mass is 10.1. The number of aromatic nitrogens is 3. The lowest BCUT2D eigenvalue weighted by Crippen LogP contribution is -2.19. The number of aromatic amines is 1. The molecule has 1 aromatic heterocycles. The van der Waals surface area contributed by atoms with E-state index in [2.05, 4.69) is 20.5 Å². The highest BCUT2D eigenvalue weighted by Crippen LogP contribution is 2.34. The number of nitrogens with two attached hydrogens (primary N) is 1. The van der Waals surface area contributed by atoms with E-state index in [9.17, 15) is 4.79 Å². The average molecular weight is 247 g/mol. The Morgan fingerprint density at radius 3 is 3.06 bits per heavy atom. The summed E-state index contributed by atoms with van der Waals surface area (Å²) in [6, 6.07) is 5.09. The Kier molecular flexibility index (Phi) is 2.34. The molecule has 4 N–H and O–H groups in total. The molecule has 6 nitrogen and oxygen atoms in total. The summed E-state index contributed by atoms with van der Waals surface area (Å²) in [5.74, 6) is -0.165. The second-order valence-corrected chi connectivity index (χ2v) is 4.67. The first-order valence-electron chi connectivity index (χ1n) is 4.97. The summed E-state index contributed by atoms with van der Waals surface area (Å²) in [7, 11) is 0. The Labute approximate surface area is 101 Å². The average Bonchev–Trinajstić information content (AvgIpc) is 2.89. The van der Waals surface area contributed by atoms with E-state index in [1.165, 1.54) is 18.1 Å². The number of hydrogen-bond acceptors (Lipinski definition) is 5. The third-order valence-electron chi connectivity index (χ3n) is 2.51. The molecule has 7 heteroatoms. The molecule has 0 aliphatic carbocycles. The number of carbonyl (C=O) groups is 1. The lowest BCUT2D eigenvalue weighted by molar-refractivity contribution is -0.116. The fourth-order valence-corrected chi connectivity index (χ4v) is 2.42. The Morgan fingerprint density at radius 2 is 2.29 bits per heavy atom. The van der Waals surface area contributed by atoms with Crippen molar-refractivity contribution in [3.05, 3.63) is 30.1 Å². The van der Waals surface area contributed by atoms with Gasteiger partial charge in [-0.25, -0.2) is 4.98 Å². The van der Waals surface area contributed by atoms with Crippen LogP contribution < -0.4 is 11.1 Å². The van der Waals surface area contributed by atoms with Gasteiger partial charge in [-0.1, -0.05) is 17.8 Å². The molecule has 0 saturated carbocycles. The number of rotatable bonds is 2. The largest absolute Gasteiger partial charge is 0.324 e. The number of anilines is 1. The number of H-pyrrole nitrogens is 1. The Balaban J connectivity index is 1.90. The van der Waals surface area contributed by atoms with Crippen LogP contribution in [0, 0.1) is 0 Å². The summed E-state index contributed by atoms with van der Waals surface area (Å²) in [5, 5.41) is 9.98. The van der Waals surface area contributed by atoms with Crippen LogP contribution in [0.4, 0.5) is 5.69 Å². The van der Waals surface area contributed by atoms with E-state index in [4.69, 9.17) is 5.73 Å². The van der Waals surface area contributed by atoms with Crippen LogP contribution >= 0.6 is 11.8 Å². The fourth-order valence-electron chi connectivity index (χ4n) is 1.69. The smallest absolute Gasteiger partial charge is 0.245 e. The number of benzene rings is 1. The number of nitrogens with one attached hydrogen (secondary N) is 2. The zero-order chi connectivity index (χ0) is 11.8. The van der Waals surface area contributed by atoms with Gasteiger partial charge >= 0.3 is 0 Å². The second kappa shape index (κ2) is 3.86. The number of fused-ring (bicyclic) bond motifs is 1. The first-order chi connectivity index (χ1) is 8.24. The van der Waals surface area contributed by atoms with Crippen LogP contribution in [-0.4, -0.2) is 21.1 Å². The van der Waals surface area contributed by atoms with Crippen molar-refractivity contribution in [3.63, 3.8) is 0 Å². The standard InChI is InChI=1S/C10H9N5OS/c11-8-6-2-1-5(3-7(6)14-9(8)16)17-10-12-4-13-15-10/h1-4,8H,11H2,(H,14,16)(H,12,13,15). The molecule has 1 atom stereocenters. The SMILES string of the molecule is NC1C(=O)Nc2cc(Sc3ncn[nH]3)ccc21. The zero-order valence-corrected chi connectivity index (χ0v) is 9.49. The zero-order valence-electron chi connectivity index (χ0n) is 8.68. The van der Waals surface area contributed by atoms with Crippen molar-refractivity contribution < 1.29 is 4.79 Å². The summed E-state index contributed by atoms with van der Waals surface area (Å²) >= 11 is 1.44. The summed E-state index contributed by atoms with van der Waals surface area (Å²) in [5.41, 5.74) is 7.33. The van der Waals surface area contributed by atoms with E-state index < -0.39 is 6.04 Å². The quantitative estimate of drug-likeness (QED) is 0.732. The van der Waals surface area contributed by atoms with Crippen molar-refractivity contribution in [1.82, 2.24) is 15.2 Å². The van der Waals surface area contributed by atoms with Crippen molar-refractivity contribution in [2.75, 3.05) is 5.32 Å². The normalized spacial score (nSPS) is 17.9. The first-order valence-corrected chi connectivity index (χ1v) is 5.79. The highest BCUT2D eigenvalue weighted by Gasteiger charge is 2.26. The third kappa shape index (κ3) is 1.79. The van der Waals surface area contributed by atoms with Crippen molar-refractivity contribution >= 4 is 23.4 Å². The molecule has 17 heavy (non-hydrogen) atoms. The van der Waals surface area contributed by atoms with E-state index in [-0.39, 0.29) is 5.91 Å². The Hall–Kier alpha value is -1.86. The molecular weight excluding hydrogens is 238 g/mol. The molecule has 2 heterocycles. The van der Waals surface area contributed by atoms with Crippen molar-refractivity contribution in [2.24, 2.45) is 5.73 Å². The van der Waals surface area contributed by atoms with Crippen molar-refractivity contribution in [2.45, 2.75) is 16.1 Å². The minimum atomic E-state index is -0.561. The second-order valence-electron chi connectivity index (χ2n) is 3.61. The third-order valence-corrected chi connectivity index (χ3v) is 3.39. The summed E-state index contributed by atoms with van der Waals surface area (Å²) in [4.78, 5) is 16.4. The van der Waals surface area contributed by atoms with Crippen LogP contribution in [0.2, 0.25) is 0 Å². The Bertz CT molecular complexity index is 568. The van der Waals surface area contributed by atoms with E-state index in [1.54, 1.807) is 0 Å². The number of nitrogens with zero attached hydrogens (tertiary/aromatic N) is 2. The molecule has 0 radical (unpaired) electrons. The van der Waals surface area contributed by atoms with Gasteiger partial charge in [0.2, 0.25) is 5.91 Å². The van der Waals surface area contributed by atoms with Crippen LogP contribution in [0.15, 0.2) is 34.6 Å². The molecule has 0 spiro atoms. The van der Waals surface area contributed by atoms with Gasteiger partial charge in [0.25, 0.3) is 0 Å². The number of hydrogen-bond donors (Lipinski definition) is 3. The maximum atomic E-state index is 11.4. The van der Waals surface area contributed by atoms with E-state index in [1.807, 2.05) is 18.2 Å². The van der Waals surface area contributed by atoms with Gasteiger partial charge in [-0.2, -0.15) is 5.10 Å². The topological polar surface area (TPSA) is 96.7 Å². The predicted octanol–water partition coefficient (Wildman–Crippen LogP) is 0.908. The molecule has 0 bridgehead atoms. The van der Waals surface area contributed by atoms with Gasteiger partial charge < -0.3 is 11.1 Å². The van der Waals surface area contributed by atoms with Crippen molar-refractivity contribution in [1.29, 1.82) is 0 Å². The monoisotopic (exact) mass is 247 g/mol. The lowest BCUT2D eigenvalue weighted by Gasteiger charge is -2.03. The molecule has 3 rings (SSSR count). The van der Waals surface area contributed by atoms with Crippen LogP contribution in [-0.2, 0) is 4.79 Å². The first kappa shape index (κ1) is 10.3. The minimum absolute atomic E-state index is 0.165. The molecule has 1 amide bonds. The van der Waals surface area contributed by atoms with E-state index in [0.717, 1.165) is 16.1 Å². The molecule has 1 aromatic carbocycles. The molecule has 86 valence electrons. The van der Waals surface area contributed by atoms with Gasteiger partial charge in [-0.3, -0.25) is 9.89 Å². The highest BCUT2D eigenvalue weighted by atomic mass is 32.2. The molecule has 1 unspecified atom stereocenters. The van der Waals surface area contributed by atoms with Crippen LogP contribution in [0.3, 0.4) is 0 Å². The molecule has 0 fully saturated rings. The fraction of sp³-hybridized carbons (Fsp3) is 0.100. The summed E-state index contributed by atoms with van der Waals surface area (Å²) in [6.07, 6.45) is 1.45. The van der Waals surface area contributed by atoms with Gasteiger partial charge in [-0.05, 0) is 12.1 Å².